The summed E-state index contributed by atoms with van der Waals surface area (Å²) in [6, 6.07) is 8.40. The molecule has 27 heavy (non-hydrogen) atoms. The number of likely N-dealkylation sites (tertiary alicyclic amines) is 1. The van der Waals surface area contributed by atoms with E-state index in [1.807, 2.05) is 0 Å². The fourth-order valence-electron chi connectivity index (χ4n) is 3.17. The number of aromatic nitrogens is 3. The van der Waals surface area contributed by atoms with Gasteiger partial charge in [0.15, 0.2) is 5.82 Å². The number of nitrogens with zero attached hydrogens (tertiary/aromatic N) is 4. The summed E-state index contributed by atoms with van der Waals surface area (Å²) in [5.74, 6) is -0.387. The largest absolute Gasteiger partial charge is 0.338 e. The third-order valence-corrected chi connectivity index (χ3v) is 4.58. The van der Waals surface area contributed by atoms with Crippen molar-refractivity contribution in [2.45, 2.75) is 18.8 Å². The molecule has 3 aromatic rings. The van der Waals surface area contributed by atoms with E-state index in [4.69, 9.17) is 4.52 Å². The third kappa shape index (κ3) is 3.69. The van der Waals surface area contributed by atoms with Gasteiger partial charge in [-0.25, -0.2) is 9.37 Å². The van der Waals surface area contributed by atoms with Gasteiger partial charge in [-0.05, 0) is 49.2 Å². The second-order valence-electron chi connectivity index (χ2n) is 6.42. The highest BCUT2D eigenvalue weighted by Gasteiger charge is 2.29. The van der Waals surface area contributed by atoms with Gasteiger partial charge in [0, 0.05) is 30.8 Å². The summed E-state index contributed by atoms with van der Waals surface area (Å²) < 4.78 is 31.3. The number of carbonyl (C=O) groups is 1. The second-order valence-corrected chi connectivity index (χ2v) is 6.42. The zero-order valence-electron chi connectivity index (χ0n) is 14.3. The summed E-state index contributed by atoms with van der Waals surface area (Å²) in [7, 11) is 0. The van der Waals surface area contributed by atoms with Crippen molar-refractivity contribution in [2.75, 3.05) is 13.1 Å². The Morgan fingerprint density at radius 1 is 1.15 bits per heavy atom. The summed E-state index contributed by atoms with van der Waals surface area (Å²) in [6.07, 6.45) is 2.86. The van der Waals surface area contributed by atoms with Crippen LogP contribution < -0.4 is 0 Å². The average molecular weight is 370 g/mol. The van der Waals surface area contributed by atoms with Crippen LogP contribution >= 0.6 is 0 Å². The van der Waals surface area contributed by atoms with Crippen LogP contribution in [0.1, 0.15) is 34.9 Å². The maximum absolute atomic E-state index is 13.0. The lowest BCUT2D eigenvalue weighted by Gasteiger charge is -2.31. The van der Waals surface area contributed by atoms with E-state index >= 15 is 0 Å². The minimum atomic E-state index is -0.622. The number of halogens is 2. The Kier molecular flexibility index (Phi) is 4.62. The van der Waals surface area contributed by atoms with Gasteiger partial charge in [0.25, 0.3) is 11.8 Å². The summed E-state index contributed by atoms with van der Waals surface area (Å²) in [6.45, 7) is 1.05. The quantitative estimate of drug-likeness (QED) is 0.661. The Bertz CT molecular complexity index is 941. The maximum atomic E-state index is 13.0. The molecule has 0 N–H and O–H groups in total. The molecule has 3 heterocycles. The van der Waals surface area contributed by atoms with Gasteiger partial charge in [-0.2, -0.15) is 9.37 Å². The molecule has 0 radical (unpaired) electrons. The summed E-state index contributed by atoms with van der Waals surface area (Å²) >= 11 is 0. The van der Waals surface area contributed by atoms with Gasteiger partial charge in [0.05, 0.1) is 5.56 Å². The number of piperidine rings is 1. The molecular weight excluding hydrogens is 354 g/mol. The maximum Gasteiger partial charge on any atom is 0.257 e. The molecule has 1 amide bonds. The Hall–Kier alpha value is -3.16. The SMILES string of the molecule is O=C(c1ccc(F)nc1)N1CCCC(c2noc(-c3ccc(F)cc3)n2)C1. The first-order chi connectivity index (χ1) is 13.1. The number of rotatable bonds is 3. The van der Waals surface area contributed by atoms with E-state index in [1.165, 1.54) is 30.5 Å². The molecule has 0 spiro atoms. The number of benzene rings is 1. The summed E-state index contributed by atoms with van der Waals surface area (Å²) in [4.78, 5) is 22.2. The van der Waals surface area contributed by atoms with Crippen molar-refractivity contribution < 1.29 is 18.1 Å². The van der Waals surface area contributed by atoms with Gasteiger partial charge in [0.1, 0.15) is 5.82 Å². The van der Waals surface area contributed by atoms with Crippen molar-refractivity contribution in [2.24, 2.45) is 0 Å². The van der Waals surface area contributed by atoms with Crippen molar-refractivity contribution in [3.05, 3.63) is 65.7 Å². The first-order valence-electron chi connectivity index (χ1n) is 8.60. The van der Waals surface area contributed by atoms with Crippen LogP contribution in [0.15, 0.2) is 47.1 Å². The molecule has 1 atom stereocenters. The fraction of sp³-hybridized carbons (Fsp3) is 0.263. The molecule has 0 bridgehead atoms. The van der Waals surface area contributed by atoms with Crippen LogP contribution in [-0.4, -0.2) is 39.0 Å². The van der Waals surface area contributed by atoms with Crippen molar-refractivity contribution in [1.82, 2.24) is 20.0 Å². The molecule has 6 nitrogen and oxygen atoms in total. The van der Waals surface area contributed by atoms with Crippen LogP contribution in [0.25, 0.3) is 11.5 Å². The molecule has 1 saturated heterocycles. The number of amides is 1. The molecular formula is C19H16F2N4O2. The second kappa shape index (κ2) is 7.22. The molecule has 1 aliphatic heterocycles. The summed E-state index contributed by atoms with van der Waals surface area (Å²) in [5.41, 5.74) is 0.980. The lowest BCUT2D eigenvalue weighted by Crippen LogP contribution is -2.39. The number of hydrogen-bond acceptors (Lipinski definition) is 5. The van der Waals surface area contributed by atoms with E-state index in [2.05, 4.69) is 15.1 Å². The van der Waals surface area contributed by atoms with Crippen molar-refractivity contribution in [1.29, 1.82) is 0 Å². The van der Waals surface area contributed by atoms with Gasteiger partial charge < -0.3 is 9.42 Å². The normalized spacial score (nSPS) is 17.1. The number of carbonyl (C=O) groups excluding carboxylic acids is 1. The summed E-state index contributed by atoms with van der Waals surface area (Å²) in [5, 5.41) is 4.04. The zero-order chi connectivity index (χ0) is 18.8. The number of hydrogen-bond donors (Lipinski definition) is 0. The predicted molar refractivity (Wildman–Crippen MR) is 91.8 cm³/mol. The molecule has 1 aromatic carbocycles. The highest BCUT2D eigenvalue weighted by molar-refractivity contribution is 5.94. The van der Waals surface area contributed by atoms with Gasteiger partial charge in [-0.3, -0.25) is 4.79 Å². The molecule has 1 unspecified atom stereocenters. The van der Waals surface area contributed by atoms with Gasteiger partial charge in [-0.1, -0.05) is 5.16 Å². The number of pyridine rings is 1. The van der Waals surface area contributed by atoms with Crippen LogP contribution in [0.5, 0.6) is 0 Å². The van der Waals surface area contributed by atoms with Crippen molar-refractivity contribution in [3.63, 3.8) is 0 Å². The predicted octanol–water partition coefficient (Wildman–Crippen LogP) is 3.43. The van der Waals surface area contributed by atoms with Crippen LogP contribution in [0.2, 0.25) is 0 Å². The molecule has 1 aliphatic rings. The van der Waals surface area contributed by atoms with E-state index in [9.17, 15) is 13.6 Å². The van der Waals surface area contributed by atoms with Gasteiger partial charge >= 0.3 is 0 Å². The molecule has 138 valence electrons. The first-order valence-corrected chi connectivity index (χ1v) is 8.60. The average Bonchev–Trinajstić information content (AvgIpc) is 3.19. The van der Waals surface area contributed by atoms with Crippen LogP contribution in [0.4, 0.5) is 8.78 Å². The smallest absolute Gasteiger partial charge is 0.257 e. The lowest BCUT2D eigenvalue weighted by atomic mass is 9.97. The minimum Gasteiger partial charge on any atom is -0.338 e. The van der Waals surface area contributed by atoms with E-state index < -0.39 is 5.95 Å². The standard InChI is InChI=1S/C19H16F2N4O2/c20-15-6-3-12(4-7-15)18-23-17(24-27-18)14-2-1-9-25(11-14)19(26)13-5-8-16(21)22-10-13/h3-8,10,14H,1-2,9,11H2. The minimum absolute atomic E-state index is 0.0611. The van der Waals surface area contributed by atoms with E-state index in [1.54, 1.807) is 17.0 Å². The zero-order valence-corrected chi connectivity index (χ0v) is 14.3. The topological polar surface area (TPSA) is 72.1 Å². The van der Waals surface area contributed by atoms with Gasteiger partial charge in [-0.15, -0.1) is 0 Å². The molecule has 1 fully saturated rings. The first kappa shape index (κ1) is 17.3. The van der Waals surface area contributed by atoms with Crippen LogP contribution in [0, 0.1) is 11.8 Å². The molecule has 4 rings (SSSR count). The van der Waals surface area contributed by atoms with Crippen LogP contribution in [0.3, 0.4) is 0 Å². The Balaban J connectivity index is 1.49. The monoisotopic (exact) mass is 370 g/mol. The Morgan fingerprint density at radius 2 is 1.96 bits per heavy atom. The van der Waals surface area contributed by atoms with Crippen LogP contribution in [-0.2, 0) is 0 Å². The third-order valence-electron chi connectivity index (χ3n) is 4.58. The Morgan fingerprint density at radius 3 is 2.70 bits per heavy atom. The highest BCUT2D eigenvalue weighted by Crippen LogP contribution is 2.28. The Labute approximate surface area is 153 Å². The molecule has 0 saturated carbocycles. The van der Waals surface area contributed by atoms with E-state index in [0.717, 1.165) is 12.8 Å². The van der Waals surface area contributed by atoms with Gasteiger partial charge in [0.2, 0.25) is 5.95 Å². The highest BCUT2D eigenvalue weighted by atomic mass is 19.1. The van der Waals surface area contributed by atoms with Crippen molar-refractivity contribution in [3.8, 4) is 11.5 Å². The molecule has 8 heteroatoms. The fourth-order valence-corrected chi connectivity index (χ4v) is 3.17. The van der Waals surface area contributed by atoms with Crippen molar-refractivity contribution >= 4 is 5.91 Å². The molecule has 0 aliphatic carbocycles. The molecule has 2 aromatic heterocycles. The lowest BCUT2D eigenvalue weighted by molar-refractivity contribution is 0.0703. The van der Waals surface area contributed by atoms with E-state index in [0.29, 0.717) is 35.9 Å². The van der Waals surface area contributed by atoms with E-state index in [-0.39, 0.29) is 17.6 Å².